The summed E-state index contributed by atoms with van der Waals surface area (Å²) in [4.78, 5) is 14.2. The van der Waals surface area contributed by atoms with Crippen LogP contribution in [-0.4, -0.2) is 32.3 Å². The number of carbonyl (C=O) groups is 1. The van der Waals surface area contributed by atoms with E-state index in [4.69, 9.17) is 10.00 Å². The summed E-state index contributed by atoms with van der Waals surface area (Å²) in [6.07, 6.45) is 1.43. The fraction of sp³-hybridized carbons (Fsp3) is 0.250. The van der Waals surface area contributed by atoms with Gasteiger partial charge in [-0.15, -0.1) is 0 Å². The average Bonchev–Trinajstić information content (AvgIpc) is 2.69. The van der Waals surface area contributed by atoms with E-state index in [1.165, 1.54) is 18.3 Å². The van der Waals surface area contributed by atoms with Crippen LogP contribution in [-0.2, 0) is 0 Å². The van der Waals surface area contributed by atoms with E-state index in [9.17, 15) is 9.18 Å². The maximum atomic E-state index is 13.9. The highest BCUT2D eigenvalue weighted by molar-refractivity contribution is 5.95. The van der Waals surface area contributed by atoms with Crippen LogP contribution in [0.2, 0.25) is 0 Å². The molecule has 6 nitrogen and oxygen atoms in total. The molecular weight excluding hydrogens is 347 g/mol. The van der Waals surface area contributed by atoms with Gasteiger partial charge in [-0.25, -0.2) is 9.82 Å². The number of ether oxygens (including phenoxy) is 1. The summed E-state index contributed by atoms with van der Waals surface area (Å²) in [6, 6.07) is 11.1. The van der Waals surface area contributed by atoms with Crippen molar-refractivity contribution in [1.82, 2.24) is 5.43 Å². The molecule has 0 aliphatic carbocycles. The fourth-order valence-electron chi connectivity index (χ4n) is 2.58. The van der Waals surface area contributed by atoms with Crippen LogP contribution in [0.15, 0.2) is 41.5 Å². The van der Waals surface area contributed by atoms with Gasteiger partial charge >= 0.3 is 0 Å². The zero-order valence-corrected chi connectivity index (χ0v) is 15.5. The largest absolute Gasteiger partial charge is 0.496 e. The van der Waals surface area contributed by atoms with Gasteiger partial charge in [0, 0.05) is 30.4 Å². The van der Waals surface area contributed by atoms with Crippen molar-refractivity contribution < 1.29 is 13.9 Å². The zero-order valence-electron chi connectivity index (χ0n) is 15.5. The van der Waals surface area contributed by atoms with Crippen molar-refractivity contribution in [2.45, 2.75) is 13.8 Å². The monoisotopic (exact) mass is 368 g/mol. The van der Waals surface area contributed by atoms with Gasteiger partial charge in [0.25, 0.3) is 5.91 Å². The zero-order chi connectivity index (χ0) is 19.8. The summed E-state index contributed by atoms with van der Waals surface area (Å²) < 4.78 is 19.2. The highest BCUT2D eigenvalue weighted by Crippen LogP contribution is 2.24. The van der Waals surface area contributed by atoms with Crippen LogP contribution in [0.3, 0.4) is 0 Å². The predicted molar refractivity (Wildman–Crippen MR) is 103 cm³/mol. The number of anilines is 1. The molecule has 0 saturated heterocycles. The number of benzene rings is 2. The minimum atomic E-state index is -0.775. The van der Waals surface area contributed by atoms with E-state index in [1.807, 2.05) is 24.3 Å². The van der Waals surface area contributed by atoms with Gasteiger partial charge in [-0.3, -0.25) is 4.79 Å². The molecule has 0 bridgehead atoms. The van der Waals surface area contributed by atoms with Crippen molar-refractivity contribution in [3.8, 4) is 11.8 Å². The molecule has 0 atom stereocenters. The highest BCUT2D eigenvalue weighted by Gasteiger charge is 2.12. The third kappa shape index (κ3) is 4.82. The van der Waals surface area contributed by atoms with E-state index < -0.39 is 11.7 Å². The second-order valence-electron chi connectivity index (χ2n) is 5.60. The van der Waals surface area contributed by atoms with Crippen molar-refractivity contribution in [3.63, 3.8) is 0 Å². The first kappa shape index (κ1) is 19.9. The molecule has 0 spiro atoms. The van der Waals surface area contributed by atoms with E-state index in [-0.39, 0.29) is 11.1 Å². The topological polar surface area (TPSA) is 77.7 Å². The molecule has 0 aliphatic rings. The molecule has 0 aromatic heterocycles. The lowest BCUT2D eigenvalue weighted by molar-refractivity contribution is 0.0951. The normalized spacial score (nSPS) is 10.5. The summed E-state index contributed by atoms with van der Waals surface area (Å²) in [5.41, 5.74) is 3.94. The number of nitrogens with one attached hydrogen (secondary N) is 1. The van der Waals surface area contributed by atoms with Crippen LogP contribution in [0.4, 0.5) is 10.1 Å². The van der Waals surface area contributed by atoms with Gasteiger partial charge < -0.3 is 9.64 Å². The Kier molecular flexibility index (Phi) is 6.89. The standard InChI is InChI=1S/C20H21FN4O2/c1-4-25(5-2)16-8-7-15(19(11-16)27-3)13-23-24-20(26)17-9-6-14(12-22)10-18(17)21/h6-11,13H,4-5H2,1-3H3,(H,24,26)/b23-13+. The number of nitrogens with zero attached hydrogens (tertiary/aromatic N) is 3. The molecule has 0 unspecified atom stereocenters. The maximum absolute atomic E-state index is 13.9. The van der Waals surface area contributed by atoms with Crippen LogP contribution in [0.5, 0.6) is 5.75 Å². The van der Waals surface area contributed by atoms with Crippen LogP contribution < -0.4 is 15.1 Å². The number of amides is 1. The first-order chi connectivity index (χ1) is 13.0. The third-order valence-corrected chi connectivity index (χ3v) is 4.06. The summed E-state index contributed by atoms with van der Waals surface area (Å²) in [6.45, 7) is 5.89. The molecule has 0 aliphatic heterocycles. The lowest BCUT2D eigenvalue weighted by Crippen LogP contribution is -2.21. The van der Waals surface area contributed by atoms with Crippen LogP contribution >= 0.6 is 0 Å². The number of nitriles is 1. The number of hydrogen-bond acceptors (Lipinski definition) is 5. The number of hydrogen-bond donors (Lipinski definition) is 1. The Morgan fingerprint density at radius 2 is 2.04 bits per heavy atom. The lowest BCUT2D eigenvalue weighted by Gasteiger charge is -2.21. The maximum Gasteiger partial charge on any atom is 0.274 e. The van der Waals surface area contributed by atoms with Gasteiger partial charge in [0.05, 0.1) is 30.5 Å². The molecule has 2 aromatic rings. The van der Waals surface area contributed by atoms with Crippen LogP contribution in [0.25, 0.3) is 0 Å². The predicted octanol–water partition coefficient (Wildman–Crippen LogP) is 3.32. The number of carbonyl (C=O) groups excluding carboxylic acids is 1. The molecule has 0 saturated carbocycles. The minimum Gasteiger partial charge on any atom is -0.496 e. The van der Waals surface area contributed by atoms with E-state index in [2.05, 4.69) is 29.3 Å². The summed E-state index contributed by atoms with van der Waals surface area (Å²) in [7, 11) is 1.56. The average molecular weight is 368 g/mol. The fourth-order valence-corrected chi connectivity index (χ4v) is 2.58. The molecule has 1 N–H and O–H groups in total. The second-order valence-corrected chi connectivity index (χ2v) is 5.60. The quantitative estimate of drug-likeness (QED) is 0.601. The Bertz CT molecular complexity index is 886. The molecule has 0 radical (unpaired) electrons. The van der Waals surface area contributed by atoms with E-state index >= 15 is 0 Å². The van der Waals surface area contributed by atoms with Crippen LogP contribution in [0.1, 0.15) is 35.3 Å². The van der Waals surface area contributed by atoms with Gasteiger partial charge in [-0.1, -0.05) is 0 Å². The van der Waals surface area contributed by atoms with Gasteiger partial charge in [0.2, 0.25) is 0 Å². The van der Waals surface area contributed by atoms with Crippen molar-refractivity contribution in [2.24, 2.45) is 5.10 Å². The molecule has 1 amide bonds. The van der Waals surface area contributed by atoms with Gasteiger partial charge in [0.1, 0.15) is 11.6 Å². The third-order valence-electron chi connectivity index (χ3n) is 4.06. The second kappa shape index (κ2) is 9.34. The van der Waals surface area contributed by atoms with Gasteiger partial charge in [0.15, 0.2) is 0 Å². The number of hydrazone groups is 1. The molecular formula is C20H21FN4O2. The van der Waals surface area contributed by atoms with E-state index in [1.54, 1.807) is 7.11 Å². The first-order valence-electron chi connectivity index (χ1n) is 8.50. The first-order valence-corrected chi connectivity index (χ1v) is 8.50. The lowest BCUT2D eigenvalue weighted by atomic mass is 10.1. The number of methoxy groups -OCH3 is 1. The van der Waals surface area contributed by atoms with Crippen molar-refractivity contribution >= 4 is 17.8 Å². The molecule has 2 aromatic carbocycles. The van der Waals surface area contributed by atoms with Crippen LogP contribution in [0, 0.1) is 17.1 Å². The molecule has 2 rings (SSSR count). The summed E-state index contributed by atoms with van der Waals surface area (Å²) >= 11 is 0. The Labute approximate surface area is 157 Å². The number of rotatable bonds is 7. The van der Waals surface area contributed by atoms with Crippen molar-refractivity contribution in [1.29, 1.82) is 5.26 Å². The molecule has 0 fully saturated rings. The molecule has 0 heterocycles. The van der Waals surface area contributed by atoms with Crippen molar-refractivity contribution in [2.75, 3.05) is 25.1 Å². The minimum absolute atomic E-state index is 0.144. The van der Waals surface area contributed by atoms with Gasteiger partial charge in [-0.2, -0.15) is 10.4 Å². The SMILES string of the molecule is CCN(CC)c1ccc(/C=N/NC(=O)c2ccc(C#N)cc2F)c(OC)c1. The summed E-state index contributed by atoms with van der Waals surface area (Å²) in [5.74, 6) is -0.864. The van der Waals surface area contributed by atoms with Crippen molar-refractivity contribution in [3.05, 3.63) is 58.9 Å². The summed E-state index contributed by atoms with van der Waals surface area (Å²) in [5, 5.41) is 12.6. The molecule has 27 heavy (non-hydrogen) atoms. The molecule has 7 heteroatoms. The smallest absolute Gasteiger partial charge is 0.274 e. The molecule has 140 valence electrons. The Morgan fingerprint density at radius 3 is 2.63 bits per heavy atom. The number of halogens is 1. The Balaban J connectivity index is 2.14. The highest BCUT2D eigenvalue weighted by atomic mass is 19.1. The van der Waals surface area contributed by atoms with Gasteiger partial charge in [-0.05, 0) is 44.2 Å². The van der Waals surface area contributed by atoms with E-state index in [0.29, 0.717) is 11.3 Å². The Morgan fingerprint density at radius 1 is 1.30 bits per heavy atom. The van der Waals surface area contributed by atoms with E-state index in [0.717, 1.165) is 24.8 Å². The Hall–Kier alpha value is -3.40.